The van der Waals surface area contributed by atoms with Gasteiger partial charge in [0.25, 0.3) is 0 Å². The molecular weight excluding hydrogens is 242 g/mol. The van der Waals surface area contributed by atoms with E-state index in [9.17, 15) is 0 Å². The van der Waals surface area contributed by atoms with E-state index in [1.165, 1.54) is 56.9 Å². The Morgan fingerprint density at radius 3 is 2.35 bits per heavy atom. The minimum absolute atomic E-state index is 0.700. The summed E-state index contributed by atoms with van der Waals surface area (Å²) >= 11 is 0. The molecule has 1 aromatic carbocycles. The summed E-state index contributed by atoms with van der Waals surface area (Å²) in [7, 11) is 0. The van der Waals surface area contributed by atoms with E-state index < -0.39 is 0 Å². The van der Waals surface area contributed by atoms with Crippen LogP contribution in [0.5, 0.6) is 0 Å². The molecule has 20 heavy (non-hydrogen) atoms. The fourth-order valence-electron chi connectivity index (χ4n) is 3.08. The highest BCUT2D eigenvalue weighted by atomic mass is 14.9. The van der Waals surface area contributed by atoms with Crippen LogP contribution in [0.4, 0.5) is 0 Å². The van der Waals surface area contributed by atoms with Crippen molar-refractivity contribution in [1.29, 1.82) is 0 Å². The smallest absolute Gasteiger partial charge is 0.00701 e. The molecule has 1 nitrogen and oxygen atoms in total. The van der Waals surface area contributed by atoms with E-state index >= 15 is 0 Å². The SMILES string of the molecule is CCCNC(CCC)CCc1ccc(C2CCC2)cc1. The number of hydrogen-bond donors (Lipinski definition) is 1. The molecule has 1 N–H and O–H groups in total. The topological polar surface area (TPSA) is 12.0 Å². The molecule has 1 fully saturated rings. The molecule has 0 amide bonds. The molecule has 0 aliphatic heterocycles. The van der Waals surface area contributed by atoms with Gasteiger partial charge in [-0.15, -0.1) is 0 Å². The molecule has 1 aliphatic rings. The summed E-state index contributed by atoms with van der Waals surface area (Å²) < 4.78 is 0. The third-order valence-electron chi connectivity index (χ3n) is 4.66. The monoisotopic (exact) mass is 273 g/mol. The van der Waals surface area contributed by atoms with Crippen molar-refractivity contribution in [2.75, 3.05) is 6.54 Å². The third kappa shape index (κ3) is 4.63. The molecule has 0 saturated heterocycles. The average molecular weight is 273 g/mol. The molecule has 1 atom stereocenters. The van der Waals surface area contributed by atoms with Crippen LogP contribution < -0.4 is 5.32 Å². The van der Waals surface area contributed by atoms with E-state index in [4.69, 9.17) is 0 Å². The second-order valence-corrected chi connectivity index (χ2v) is 6.35. The molecule has 1 saturated carbocycles. The molecule has 0 spiro atoms. The first-order valence-electron chi connectivity index (χ1n) is 8.65. The van der Waals surface area contributed by atoms with Crippen LogP contribution in [-0.4, -0.2) is 12.6 Å². The van der Waals surface area contributed by atoms with Crippen molar-refractivity contribution in [2.24, 2.45) is 0 Å². The highest BCUT2D eigenvalue weighted by molar-refractivity contribution is 5.26. The van der Waals surface area contributed by atoms with E-state index in [1.807, 2.05) is 0 Å². The normalized spacial score (nSPS) is 16.9. The van der Waals surface area contributed by atoms with Gasteiger partial charge in [-0.25, -0.2) is 0 Å². The first kappa shape index (κ1) is 15.6. The van der Waals surface area contributed by atoms with Gasteiger partial charge in [0, 0.05) is 6.04 Å². The quantitative estimate of drug-likeness (QED) is 0.663. The zero-order chi connectivity index (χ0) is 14.2. The Hall–Kier alpha value is -0.820. The van der Waals surface area contributed by atoms with Crippen LogP contribution in [0.2, 0.25) is 0 Å². The van der Waals surface area contributed by atoms with E-state index in [1.54, 1.807) is 5.56 Å². The minimum Gasteiger partial charge on any atom is -0.314 e. The summed E-state index contributed by atoms with van der Waals surface area (Å²) in [5, 5.41) is 3.69. The zero-order valence-electron chi connectivity index (χ0n) is 13.3. The van der Waals surface area contributed by atoms with Crippen LogP contribution in [-0.2, 0) is 6.42 Å². The van der Waals surface area contributed by atoms with Gasteiger partial charge in [-0.3, -0.25) is 0 Å². The van der Waals surface area contributed by atoms with Crippen molar-refractivity contribution >= 4 is 0 Å². The summed E-state index contributed by atoms with van der Waals surface area (Å²) in [4.78, 5) is 0. The minimum atomic E-state index is 0.700. The summed E-state index contributed by atoms with van der Waals surface area (Å²) in [6.07, 6.45) is 10.5. The van der Waals surface area contributed by atoms with Gasteiger partial charge in [-0.2, -0.15) is 0 Å². The maximum absolute atomic E-state index is 3.69. The fourth-order valence-corrected chi connectivity index (χ4v) is 3.08. The van der Waals surface area contributed by atoms with Crippen LogP contribution in [0.25, 0.3) is 0 Å². The molecule has 1 unspecified atom stereocenters. The summed E-state index contributed by atoms with van der Waals surface area (Å²) in [6, 6.07) is 10.2. The van der Waals surface area contributed by atoms with E-state index in [0.717, 1.165) is 12.5 Å². The lowest BCUT2D eigenvalue weighted by Crippen LogP contribution is -2.30. The van der Waals surface area contributed by atoms with Crippen LogP contribution in [0.1, 0.15) is 75.8 Å². The van der Waals surface area contributed by atoms with Gasteiger partial charge in [0.05, 0.1) is 0 Å². The molecule has 0 bridgehead atoms. The molecule has 112 valence electrons. The van der Waals surface area contributed by atoms with Gasteiger partial charge in [-0.05, 0) is 62.1 Å². The summed E-state index contributed by atoms with van der Waals surface area (Å²) in [6.45, 7) is 5.69. The summed E-state index contributed by atoms with van der Waals surface area (Å²) in [5.41, 5.74) is 3.07. The number of benzene rings is 1. The molecule has 1 aromatic rings. The second kappa shape index (κ2) is 8.46. The maximum atomic E-state index is 3.69. The first-order chi connectivity index (χ1) is 9.83. The standard InChI is InChI=1S/C19H31N/c1-3-6-19(20-15-4-2)14-11-16-9-12-18(13-10-16)17-7-5-8-17/h9-10,12-13,17,19-20H,3-8,11,14-15H2,1-2H3. The van der Waals surface area contributed by atoms with E-state index in [2.05, 4.69) is 43.4 Å². The van der Waals surface area contributed by atoms with Gasteiger partial charge in [0.1, 0.15) is 0 Å². The van der Waals surface area contributed by atoms with Gasteiger partial charge < -0.3 is 5.32 Å². The van der Waals surface area contributed by atoms with Gasteiger partial charge in [0.15, 0.2) is 0 Å². The third-order valence-corrected chi connectivity index (χ3v) is 4.66. The van der Waals surface area contributed by atoms with Gasteiger partial charge in [-0.1, -0.05) is 51.0 Å². The highest BCUT2D eigenvalue weighted by Crippen LogP contribution is 2.36. The predicted molar refractivity (Wildman–Crippen MR) is 88.3 cm³/mol. The van der Waals surface area contributed by atoms with Crippen molar-refractivity contribution in [2.45, 2.75) is 77.2 Å². The fraction of sp³-hybridized carbons (Fsp3) is 0.684. The van der Waals surface area contributed by atoms with Crippen molar-refractivity contribution in [3.05, 3.63) is 35.4 Å². The summed E-state index contributed by atoms with van der Waals surface area (Å²) in [5.74, 6) is 0.864. The van der Waals surface area contributed by atoms with Crippen molar-refractivity contribution in [3.8, 4) is 0 Å². The van der Waals surface area contributed by atoms with E-state index in [0.29, 0.717) is 6.04 Å². The Labute approximate surface area is 125 Å². The molecule has 0 heterocycles. The van der Waals surface area contributed by atoms with Crippen molar-refractivity contribution in [3.63, 3.8) is 0 Å². The average Bonchev–Trinajstić information content (AvgIpc) is 2.41. The lowest BCUT2D eigenvalue weighted by atomic mass is 9.80. The number of aryl methyl sites for hydroxylation is 1. The Kier molecular flexibility index (Phi) is 6.59. The second-order valence-electron chi connectivity index (χ2n) is 6.35. The number of hydrogen-bond acceptors (Lipinski definition) is 1. The highest BCUT2D eigenvalue weighted by Gasteiger charge is 2.18. The van der Waals surface area contributed by atoms with Crippen LogP contribution in [0.15, 0.2) is 24.3 Å². The number of nitrogens with one attached hydrogen (secondary N) is 1. The lowest BCUT2D eigenvalue weighted by molar-refractivity contribution is 0.419. The Bertz CT molecular complexity index is 364. The molecule has 1 heteroatoms. The molecular formula is C19H31N. The van der Waals surface area contributed by atoms with Crippen LogP contribution in [0, 0.1) is 0 Å². The molecule has 0 aromatic heterocycles. The molecule has 0 radical (unpaired) electrons. The zero-order valence-corrected chi connectivity index (χ0v) is 13.3. The predicted octanol–water partition coefficient (Wildman–Crippen LogP) is 5.06. The van der Waals surface area contributed by atoms with Gasteiger partial charge >= 0.3 is 0 Å². The van der Waals surface area contributed by atoms with Crippen LogP contribution in [0.3, 0.4) is 0 Å². The van der Waals surface area contributed by atoms with E-state index in [-0.39, 0.29) is 0 Å². The number of rotatable bonds is 9. The maximum Gasteiger partial charge on any atom is 0.00701 e. The largest absolute Gasteiger partial charge is 0.314 e. The lowest BCUT2D eigenvalue weighted by Gasteiger charge is -2.26. The van der Waals surface area contributed by atoms with Gasteiger partial charge in [0.2, 0.25) is 0 Å². The first-order valence-corrected chi connectivity index (χ1v) is 8.65. The molecule has 2 rings (SSSR count). The van der Waals surface area contributed by atoms with Crippen LogP contribution >= 0.6 is 0 Å². The molecule has 1 aliphatic carbocycles. The Morgan fingerprint density at radius 1 is 1.05 bits per heavy atom. The Balaban J connectivity index is 1.78. The van der Waals surface area contributed by atoms with Crippen molar-refractivity contribution in [1.82, 2.24) is 5.32 Å². The Morgan fingerprint density at radius 2 is 1.80 bits per heavy atom. The van der Waals surface area contributed by atoms with Crippen molar-refractivity contribution < 1.29 is 0 Å².